The second-order valence-electron chi connectivity index (χ2n) is 7.43. The van der Waals surface area contributed by atoms with Gasteiger partial charge in [0.15, 0.2) is 0 Å². The van der Waals surface area contributed by atoms with E-state index in [1.807, 2.05) is 37.4 Å². The van der Waals surface area contributed by atoms with Gasteiger partial charge in [0.05, 0.1) is 17.5 Å². The molecule has 1 aromatic heterocycles. The molecule has 2 aliphatic rings. The lowest BCUT2D eigenvalue weighted by atomic mass is 10.1. The maximum Gasteiger partial charge on any atom is 0.282 e. The molecule has 9 nitrogen and oxygen atoms in total. The van der Waals surface area contributed by atoms with E-state index in [0.717, 1.165) is 18.7 Å². The molecule has 1 aromatic carbocycles. The molecule has 0 saturated carbocycles. The minimum atomic E-state index is -3.48. The molecule has 2 fully saturated rings. The third kappa shape index (κ3) is 4.06. The Bertz CT molecular complexity index is 945. The van der Waals surface area contributed by atoms with Crippen molar-refractivity contribution >= 4 is 16.1 Å². The molecule has 1 N–H and O–H groups in total. The number of carbonyl (C=O) groups excluding carboxylic acids is 1. The summed E-state index contributed by atoms with van der Waals surface area (Å²) in [5.41, 5.74) is 2.08. The van der Waals surface area contributed by atoms with Crippen LogP contribution in [0.2, 0.25) is 0 Å². The van der Waals surface area contributed by atoms with Crippen molar-refractivity contribution in [3.05, 3.63) is 42.1 Å². The van der Waals surface area contributed by atoms with Gasteiger partial charge < -0.3 is 9.80 Å². The third-order valence-corrected chi connectivity index (χ3v) is 7.61. The van der Waals surface area contributed by atoms with Crippen LogP contribution in [0, 0.1) is 0 Å². The van der Waals surface area contributed by atoms with E-state index < -0.39 is 10.2 Å². The number of rotatable bonds is 4. The molecule has 4 rings (SSSR count). The number of carbonyl (C=O) groups is 1. The second kappa shape index (κ2) is 8.23. The molecule has 1 amide bonds. The van der Waals surface area contributed by atoms with E-state index in [1.165, 1.54) is 10.5 Å². The van der Waals surface area contributed by atoms with E-state index in [9.17, 15) is 13.2 Å². The summed E-state index contributed by atoms with van der Waals surface area (Å²) in [5.74, 6) is -0.130. The predicted octanol–water partition coefficient (Wildman–Crippen LogP) is 0.327. The van der Waals surface area contributed by atoms with E-state index in [-0.39, 0.29) is 5.91 Å². The minimum Gasteiger partial charge on any atom is -0.336 e. The highest BCUT2D eigenvalue weighted by molar-refractivity contribution is 7.86. The Balaban J connectivity index is 1.42. The summed E-state index contributed by atoms with van der Waals surface area (Å²) in [4.78, 5) is 16.9. The van der Waals surface area contributed by atoms with Gasteiger partial charge in [-0.3, -0.25) is 9.89 Å². The molecule has 0 atom stereocenters. The van der Waals surface area contributed by atoms with Crippen molar-refractivity contribution in [1.29, 1.82) is 0 Å². The van der Waals surface area contributed by atoms with Crippen LogP contribution in [0.5, 0.6) is 0 Å². The van der Waals surface area contributed by atoms with Gasteiger partial charge in [0, 0.05) is 57.9 Å². The number of nitrogens with one attached hydrogen (secondary N) is 1. The van der Waals surface area contributed by atoms with E-state index in [2.05, 4.69) is 15.1 Å². The summed E-state index contributed by atoms with van der Waals surface area (Å²) in [6, 6.07) is 9.58. The van der Waals surface area contributed by atoms with Crippen LogP contribution < -0.4 is 0 Å². The largest absolute Gasteiger partial charge is 0.336 e. The highest BCUT2D eigenvalue weighted by atomic mass is 32.2. The van der Waals surface area contributed by atoms with E-state index in [4.69, 9.17) is 0 Å². The maximum absolute atomic E-state index is 13.0. The van der Waals surface area contributed by atoms with Gasteiger partial charge in [0.1, 0.15) is 0 Å². The van der Waals surface area contributed by atoms with Gasteiger partial charge in [0.2, 0.25) is 0 Å². The molecule has 3 heterocycles. The van der Waals surface area contributed by atoms with E-state index >= 15 is 0 Å². The fourth-order valence-corrected chi connectivity index (χ4v) is 5.32. The summed E-state index contributed by atoms with van der Waals surface area (Å²) in [7, 11) is -1.49. The molecule has 0 aliphatic carbocycles. The van der Waals surface area contributed by atoms with Crippen molar-refractivity contribution in [3.63, 3.8) is 0 Å². The van der Waals surface area contributed by atoms with E-state index in [1.54, 1.807) is 9.21 Å². The first-order chi connectivity index (χ1) is 14.0. The number of nitrogens with zero attached hydrogens (tertiary/aromatic N) is 5. The van der Waals surface area contributed by atoms with E-state index in [0.29, 0.717) is 50.5 Å². The zero-order valence-electron chi connectivity index (χ0n) is 16.5. The molecule has 0 bridgehead atoms. The zero-order chi connectivity index (χ0) is 20.4. The number of hydrogen-bond acceptors (Lipinski definition) is 5. The molecule has 0 unspecified atom stereocenters. The van der Waals surface area contributed by atoms with Crippen molar-refractivity contribution in [1.82, 2.24) is 28.6 Å². The van der Waals surface area contributed by atoms with Gasteiger partial charge in [-0.05, 0) is 7.05 Å². The highest BCUT2D eigenvalue weighted by Gasteiger charge is 2.35. The molecule has 0 spiro atoms. The number of H-pyrrole nitrogens is 1. The van der Waals surface area contributed by atoms with Gasteiger partial charge in [-0.25, -0.2) is 0 Å². The molecule has 29 heavy (non-hydrogen) atoms. The van der Waals surface area contributed by atoms with Crippen molar-refractivity contribution in [3.8, 4) is 11.3 Å². The molecule has 2 saturated heterocycles. The Kier molecular flexibility index (Phi) is 5.68. The first-order valence-electron chi connectivity index (χ1n) is 9.78. The third-order valence-electron chi connectivity index (χ3n) is 5.57. The van der Waals surface area contributed by atoms with Crippen LogP contribution in [0.3, 0.4) is 0 Å². The molecule has 0 radical (unpaired) electrons. The Morgan fingerprint density at radius 2 is 1.52 bits per heavy atom. The Labute approximate surface area is 171 Å². The molecule has 2 aliphatic heterocycles. The van der Waals surface area contributed by atoms with Gasteiger partial charge in [-0.15, -0.1) is 0 Å². The van der Waals surface area contributed by atoms with Crippen molar-refractivity contribution in [2.75, 3.05) is 59.4 Å². The summed E-state index contributed by atoms with van der Waals surface area (Å²) in [6.07, 6.45) is 1.54. The second-order valence-corrected chi connectivity index (χ2v) is 9.35. The zero-order valence-corrected chi connectivity index (χ0v) is 17.3. The number of likely N-dealkylation sites (N-methyl/N-ethyl adjacent to an activating group) is 1. The van der Waals surface area contributed by atoms with Crippen LogP contribution in [0.4, 0.5) is 0 Å². The quantitative estimate of drug-likeness (QED) is 0.772. The molecule has 2 aromatic rings. The molecular weight excluding hydrogens is 392 g/mol. The lowest BCUT2D eigenvalue weighted by molar-refractivity contribution is 0.0693. The fraction of sp³-hybridized carbons (Fsp3) is 0.474. The topological polar surface area (TPSA) is 92.9 Å². The molecule has 156 valence electrons. The number of aromatic amines is 1. The van der Waals surface area contributed by atoms with Gasteiger partial charge >= 0.3 is 0 Å². The van der Waals surface area contributed by atoms with Crippen molar-refractivity contribution < 1.29 is 13.2 Å². The number of piperazine rings is 2. The van der Waals surface area contributed by atoms with Gasteiger partial charge in [-0.1, -0.05) is 30.3 Å². The van der Waals surface area contributed by atoms with Gasteiger partial charge in [-0.2, -0.15) is 22.1 Å². The highest BCUT2D eigenvalue weighted by Crippen LogP contribution is 2.23. The van der Waals surface area contributed by atoms with Crippen molar-refractivity contribution in [2.45, 2.75) is 0 Å². The molecular formula is C19H26N6O3S. The Morgan fingerprint density at radius 1 is 0.931 bits per heavy atom. The normalized spacial score (nSPS) is 20.1. The predicted molar refractivity (Wildman–Crippen MR) is 109 cm³/mol. The summed E-state index contributed by atoms with van der Waals surface area (Å²) in [6.45, 7) is 3.83. The monoisotopic (exact) mass is 418 g/mol. The van der Waals surface area contributed by atoms with Crippen LogP contribution in [0.25, 0.3) is 11.3 Å². The maximum atomic E-state index is 13.0. The first kappa shape index (κ1) is 20.0. The van der Waals surface area contributed by atoms with Crippen LogP contribution in [0.1, 0.15) is 10.4 Å². The average molecular weight is 419 g/mol. The first-order valence-corrected chi connectivity index (χ1v) is 11.2. The summed E-state index contributed by atoms with van der Waals surface area (Å²) < 4.78 is 28.9. The lowest BCUT2D eigenvalue weighted by Gasteiger charge is -2.39. The fourth-order valence-electron chi connectivity index (χ4n) is 3.75. The Morgan fingerprint density at radius 3 is 2.14 bits per heavy atom. The summed E-state index contributed by atoms with van der Waals surface area (Å²) >= 11 is 0. The SMILES string of the molecule is CN1CCN(S(=O)(=O)N2CCN(C(=O)c3cn[nH]c3-c3ccccc3)CC2)CC1. The van der Waals surface area contributed by atoms with Crippen LogP contribution in [-0.2, 0) is 10.2 Å². The van der Waals surface area contributed by atoms with Crippen molar-refractivity contribution in [2.24, 2.45) is 0 Å². The average Bonchev–Trinajstić information content (AvgIpc) is 3.24. The van der Waals surface area contributed by atoms with Crippen LogP contribution >= 0.6 is 0 Å². The smallest absolute Gasteiger partial charge is 0.282 e. The number of amides is 1. The van der Waals surface area contributed by atoms with Crippen LogP contribution in [-0.4, -0.2) is 102 Å². The van der Waals surface area contributed by atoms with Crippen LogP contribution in [0.15, 0.2) is 36.5 Å². The number of benzene rings is 1. The molecule has 10 heteroatoms. The minimum absolute atomic E-state index is 0.130. The standard InChI is InChI=1S/C19H26N6O3S/c1-22-7-11-24(12-8-22)29(27,28)25-13-9-23(10-14-25)19(26)17-15-20-21-18(17)16-5-3-2-4-6-16/h2-6,15H,7-14H2,1H3,(H,20,21). The Hall–Kier alpha value is -2.27. The lowest BCUT2D eigenvalue weighted by Crippen LogP contribution is -2.57. The number of aromatic nitrogens is 2. The summed E-state index contributed by atoms with van der Waals surface area (Å²) in [5, 5.41) is 6.95. The number of hydrogen-bond donors (Lipinski definition) is 1. The van der Waals surface area contributed by atoms with Gasteiger partial charge in [0.25, 0.3) is 16.1 Å².